The van der Waals surface area contributed by atoms with E-state index in [2.05, 4.69) is 10.3 Å². The minimum Gasteiger partial charge on any atom is -0.424 e. The molecule has 0 saturated heterocycles. The molecule has 0 radical (unpaired) electrons. The molecule has 2 rings (SSSR count). The van der Waals surface area contributed by atoms with E-state index < -0.39 is 17.1 Å². The second-order valence-electron chi connectivity index (χ2n) is 4.44. The Kier molecular flexibility index (Phi) is 3.36. The Labute approximate surface area is 107 Å². The Hall–Kier alpha value is -2.19. The van der Waals surface area contributed by atoms with Crippen LogP contribution in [0.2, 0.25) is 0 Å². The lowest BCUT2D eigenvalue weighted by molar-refractivity contribution is -0.384. The molecule has 8 nitrogen and oxygen atoms in total. The average molecular weight is 267 g/mol. The van der Waals surface area contributed by atoms with Crippen molar-refractivity contribution in [1.82, 2.24) is 4.98 Å². The first-order valence-electron chi connectivity index (χ1n) is 5.53. The summed E-state index contributed by atoms with van der Waals surface area (Å²) in [5.41, 5.74) is -0.626. The fourth-order valence-corrected chi connectivity index (χ4v) is 1.43. The number of hydrogen-bond acceptors (Lipinski definition) is 7. The zero-order valence-corrected chi connectivity index (χ0v) is 10.2. The summed E-state index contributed by atoms with van der Waals surface area (Å²) in [6, 6.07) is 4.20. The number of hydrogen-bond donors (Lipinski definition) is 3. The van der Waals surface area contributed by atoms with Gasteiger partial charge in [-0.3, -0.25) is 10.1 Å². The van der Waals surface area contributed by atoms with Crippen molar-refractivity contribution in [3.05, 3.63) is 28.3 Å². The summed E-state index contributed by atoms with van der Waals surface area (Å²) in [5.74, 6) is 0. The summed E-state index contributed by atoms with van der Waals surface area (Å²) >= 11 is 0. The number of aliphatic hydroxyl groups is 2. The predicted molar refractivity (Wildman–Crippen MR) is 66.9 cm³/mol. The van der Waals surface area contributed by atoms with Gasteiger partial charge in [0, 0.05) is 18.7 Å². The third-order valence-corrected chi connectivity index (χ3v) is 2.54. The maximum Gasteiger partial charge on any atom is 0.295 e. The van der Waals surface area contributed by atoms with Crippen LogP contribution in [-0.2, 0) is 0 Å². The summed E-state index contributed by atoms with van der Waals surface area (Å²) < 4.78 is 5.31. The van der Waals surface area contributed by atoms with Gasteiger partial charge in [-0.25, -0.2) is 0 Å². The van der Waals surface area contributed by atoms with E-state index in [1.165, 1.54) is 25.1 Å². The number of nitro groups is 1. The molecule has 0 fully saturated rings. The molecule has 8 heteroatoms. The summed E-state index contributed by atoms with van der Waals surface area (Å²) in [6.07, 6.45) is 0. The first-order valence-corrected chi connectivity index (χ1v) is 5.53. The SMILES string of the molecule is CC(O)(CO)CNc1nc2cc([N+](=O)[O-])ccc2o1. The molecule has 102 valence electrons. The normalized spacial score (nSPS) is 14.3. The van der Waals surface area contributed by atoms with Gasteiger partial charge in [0.2, 0.25) is 0 Å². The molecular weight excluding hydrogens is 254 g/mol. The van der Waals surface area contributed by atoms with Crippen molar-refractivity contribution in [2.45, 2.75) is 12.5 Å². The van der Waals surface area contributed by atoms with Crippen molar-refractivity contribution < 1.29 is 19.6 Å². The first kappa shape index (κ1) is 13.2. The van der Waals surface area contributed by atoms with Crippen LogP contribution in [0.1, 0.15) is 6.92 Å². The second kappa shape index (κ2) is 4.82. The van der Waals surface area contributed by atoms with E-state index in [9.17, 15) is 15.2 Å². The number of fused-ring (bicyclic) bond motifs is 1. The lowest BCUT2D eigenvalue weighted by atomic mass is 10.1. The molecule has 1 heterocycles. The molecule has 0 saturated carbocycles. The highest BCUT2D eigenvalue weighted by molar-refractivity contribution is 5.77. The summed E-state index contributed by atoms with van der Waals surface area (Å²) in [7, 11) is 0. The highest BCUT2D eigenvalue weighted by Gasteiger charge is 2.20. The third-order valence-electron chi connectivity index (χ3n) is 2.54. The van der Waals surface area contributed by atoms with Gasteiger partial charge in [-0.05, 0) is 13.0 Å². The van der Waals surface area contributed by atoms with E-state index in [1.807, 2.05) is 0 Å². The maximum atomic E-state index is 10.6. The van der Waals surface area contributed by atoms with Gasteiger partial charge in [-0.15, -0.1) is 0 Å². The maximum absolute atomic E-state index is 10.6. The highest BCUT2D eigenvalue weighted by atomic mass is 16.6. The number of rotatable bonds is 5. The number of nitrogens with one attached hydrogen (secondary N) is 1. The van der Waals surface area contributed by atoms with Crippen LogP contribution in [0, 0.1) is 10.1 Å². The van der Waals surface area contributed by atoms with Crippen molar-refractivity contribution in [1.29, 1.82) is 0 Å². The molecule has 2 aromatic rings. The van der Waals surface area contributed by atoms with Crippen LogP contribution < -0.4 is 5.32 Å². The van der Waals surface area contributed by atoms with Crippen molar-refractivity contribution in [3.63, 3.8) is 0 Å². The van der Waals surface area contributed by atoms with Gasteiger partial charge in [-0.1, -0.05) is 0 Å². The Morgan fingerprint density at radius 1 is 1.58 bits per heavy atom. The molecule has 1 aromatic heterocycles. The number of aliphatic hydroxyl groups excluding tert-OH is 1. The number of nitro benzene ring substituents is 1. The summed E-state index contributed by atoms with van der Waals surface area (Å²) in [5, 5.41) is 31.8. The number of benzene rings is 1. The second-order valence-corrected chi connectivity index (χ2v) is 4.44. The molecule has 0 bridgehead atoms. The van der Waals surface area contributed by atoms with Crippen LogP contribution in [0.4, 0.5) is 11.7 Å². The van der Waals surface area contributed by atoms with Crippen molar-refractivity contribution in [2.24, 2.45) is 0 Å². The van der Waals surface area contributed by atoms with Crippen LogP contribution in [0.15, 0.2) is 22.6 Å². The van der Waals surface area contributed by atoms with Crippen molar-refractivity contribution >= 4 is 22.8 Å². The quantitative estimate of drug-likeness (QED) is 0.543. The Morgan fingerprint density at radius 3 is 2.95 bits per heavy atom. The molecule has 0 aliphatic rings. The number of nitrogens with zero attached hydrogens (tertiary/aromatic N) is 2. The molecular formula is C11H13N3O5. The zero-order chi connectivity index (χ0) is 14.0. The zero-order valence-electron chi connectivity index (χ0n) is 10.2. The first-order chi connectivity index (χ1) is 8.91. The molecule has 1 atom stereocenters. The van der Waals surface area contributed by atoms with Crippen molar-refractivity contribution in [3.8, 4) is 0 Å². The Balaban J connectivity index is 2.20. The molecule has 1 aromatic carbocycles. The molecule has 0 aliphatic heterocycles. The molecule has 0 aliphatic carbocycles. The van der Waals surface area contributed by atoms with Gasteiger partial charge in [0.25, 0.3) is 11.7 Å². The average Bonchev–Trinajstić information content (AvgIpc) is 2.78. The monoisotopic (exact) mass is 267 g/mol. The molecule has 19 heavy (non-hydrogen) atoms. The lowest BCUT2D eigenvalue weighted by Crippen LogP contribution is -2.37. The number of non-ortho nitro benzene ring substituents is 1. The van der Waals surface area contributed by atoms with Gasteiger partial charge >= 0.3 is 0 Å². The van der Waals surface area contributed by atoms with E-state index in [1.54, 1.807) is 0 Å². The fraction of sp³-hybridized carbons (Fsp3) is 0.364. The van der Waals surface area contributed by atoms with Crippen LogP contribution in [-0.4, -0.2) is 38.9 Å². The van der Waals surface area contributed by atoms with Crippen LogP contribution in [0.25, 0.3) is 11.1 Å². The highest BCUT2D eigenvalue weighted by Crippen LogP contribution is 2.23. The summed E-state index contributed by atoms with van der Waals surface area (Å²) in [4.78, 5) is 14.1. The van der Waals surface area contributed by atoms with E-state index >= 15 is 0 Å². The van der Waals surface area contributed by atoms with E-state index in [4.69, 9.17) is 9.52 Å². The molecule has 0 spiro atoms. The van der Waals surface area contributed by atoms with Crippen LogP contribution >= 0.6 is 0 Å². The van der Waals surface area contributed by atoms with Crippen LogP contribution in [0.3, 0.4) is 0 Å². The Morgan fingerprint density at radius 2 is 2.32 bits per heavy atom. The minimum absolute atomic E-state index is 0.0401. The third kappa shape index (κ3) is 2.98. The fourth-order valence-electron chi connectivity index (χ4n) is 1.43. The Bertz CT molecular complexity index is 607. The van der Waals surface area contributed by atoms with Crippen LogP contribution in [0.5, 0.6) is 0 Å². The number of oxazole rings is 1. The van der Waals surface area contributed by atoms with Gasteiger partial charge in [-0.2, -0.15) is 4.98 Å². The minimum atomic E-state index is -1.30. The standard InChI is InChI=1S/C11H13N3O5/c1-11(16,6-15)5-12-10-13-8-4-7(14(17)18)2-3-9(8)19-10/h2-4,15-16H,5-6H2,1H3,(H,12,13). The number of anilines is 1. The van der Waals surface area contributed by atoms with Crippen molar-refractivity contribution in [2.75, 3.05) is 18.5 Å². The topological polar surface area (TPSA) is 122 Å². The van der Waals surface area contributed by atoms with E-state index in [0.717, 1.165) is 0 Å². The van der Waals surface area contributed by atoms with Gasteiger partial charge in [0.05, 0.1) is 11.5 Å². The predicted octanol–water partition coefficient (Wildman–Crippen LogP) is 0.891. The lowest BCUT2D eigenvalue weighted by Gasteiger charge is -2.19. The smallest absolute Gasteiger partial charge is 0.295 e. The van der Waals surface area contributed by atoms with Gasteiger partial charge < -0.3 is 19.9 Å². The largest absolute Gasteiger partial charge is 0.424 e. The van der Waals surface area contributed by atoms with E-state index in [-0.39, 0.29) is 18.2 Å². The molecule has 1 unspecified atom stereocenters. The van der Waals surface area contributed by atoms with Gasteiger partial charge in [0.15, 0.2) is 5.58 Å². The van der Waals surface area contributed by atoms with E-state index in [0.29, 0.717) is 11.1 Å². The molecule has 0 amide bonds. The number of aromatic nitrogens is 1. The van der Waals surface area contributed by atoms with Gasteiger partial charge in [0.1, 0.15) is 11.1 Å². The molecule has 3 N–H and O–H groups in total. The summed E-state index contributed by atoms with van der Waals surface area (Å²) in [6.45, 7) is 1.08.